The zero-order valence-electron chi connectivity index (χ0n) is 17.9. The highest BCUT2D eigenvalue weighted by atomic mass is 19.4. The van der Waals surface area contributed by atoms with Crippen LogP contribution < -0.4 is 0 Å². The van der Waals surface area contributed by atoms with Crippen LogP contribution in [0.25, 0.3) is 0 Å². The van der Waals surface area contributed by atoms with E-state index in [0.717, 1.165) is 77.9 Å². The fourth-order valence-corrected chi connectivity index (χ4v) is 5.29. The van der Waals surface area contributed by atoms with Crippen molar-refractivity contribution in [3.8, 4) is 0 Å². The molecule has 0 aliphatic carbocycles. The third-order valence-electron chi connectivity index (χ3n) is 7.02. The number of rotatable bonds is 3. The second kappa shape index (κ2) is 10.5. The molecule has 0 aromatic carbocycles. The van der Waals surface area contributed by atoms with E-state index in [9.17, 15) is 18.0 Å². The largest absolute Gasteiger partial charge is 0.490 e. The van der Waals surface area contributed by atoms with Crippen LogP contribution in [0.2, 0.25) is 0 Å². The maximum absolute atomic E-state index is 13.2. The Balaban J connectivity index is 0.000000339. The highest BCUT2D eigenvalue weighted by Crippen LogP contribution is 2.45. The van der Waals surface area contributed by atoms with Crippen molar-refractivity contribution in [1.29, 1.82) is 0 Å². The van der Waals surface area contributed by atoms with E-state index in [0.29, 0.717) is 5.91 Å². The third kappa shape index (κ3) is 6.32. The normalized spacial score (nSPS) is 27.2. The first kappa shape index (κ1) is 24.3. The summed E-state index contributed by atoms with van der Waals surface area (Å²) in [5, 5.41) is 7.12. The SMILES string of the molecule is O=C(C1CN(CC2CCOCC2)CC12CCOCC2)N1CCCC1.O=C(O)C(F)(F)F. The molecule has 31 heavy (non-hydrogen) atoms. The molecule has 4 heterocycles. The first-order valence-electron chi connectivity index (χ1n) is 11.2. The van der Waals surface area contributed by atoms with Crippen LogP contribution in [-0.4, -0.2) is 92.1 Å². The van der Waals surface area contributed by atoms with Gasteiger partial charge in [0.05, 0.1) is 5.92 Å². The minimum absolute atomic E-state index is 0.170. The van der Waals surface area contributed by atoms with Crippen LogP contribution >= 0.6 is 0 Å². The number of nitrogens with zero attached hydrogens (tertiary/aromatic N) is 2. The third-order valence-corrected chi connectivity index (χ3v) is 7.02. The van der Waals surface area contributed by atoms with Gasteiger partial charge in [-0.25, -0.2) is 4.79 Å². The van der Waals surface area contributed by atoms with Crippen molar-refractivity contribution in [3.63, 3.8) is 0 Å². The van der Waals surface area contributed by atoms with Crippen LogP contribution in [0.3, 0.4) is 0 Å². The molecule has 4 aliphatic heterocycles. The number of aliphatic carboxylic acids is 1. The minimum atomic E-state index is -5.08. The van der Waals surface area contributed by atoms with Crippen LogP contribution in [0.15, 0.2) is 0 Å². The number of hydrogen-bond donors (Lipinski definition) is 1. The summed E-state index contributed by atoms with van der Waals surface area (Å²) in [4.78, 5) is 26.8. The molecule has 4 aliphatic rings. The zero-order valence-corrected chi connectivity index (χ0v) is 17.9. The lowest BCUT2D eigenvalue weighted by atomic mass is 9.71. The molecule has 4 fully saturated rings. The van der Waals surface area contributed by atoms with Gasteiger partial charge < -0.3 is 24.4 Å². The first-order chi connectivity index (χ1) is 14.7. The molecule has 1 amide bonds. The molecule has 10 heteroatoms. The highest BCUT2D eigenvalue weighted by Gasteiger charge is 2.51. The van der Waals surface area contributed by atoms with Crippen molar-refractivity contribution >= 4 is 11.9 Å². The molecular weight excluding hydrogens is 417 g/mol. The summed E-state index contributed by atoms with van der Waals surface area (Å²) in [7, 11) is 0. The number of hydrogen-bond acceptors (Lipinski definition) is 5. The quantitative estimate of drug-likeness (QED) is 0.712. The number of ether oxygens (including phenoxy) is 2. The smallest absolute Gasteiger partial charge is 0.475 e. The highest BCUT2D eigenvalue weighted by molar-refractivity contribution is 5.80. The Hall–Kier alpha value is -1.39. The van der Waals surface area contributed by atoms with Crippen LogP contribution in [0.1, 0.15) is 38.5 Å². The van der Waals surface area contributed by atoms with Gasteiger partial charge in [-0.2, -0.15) is 13.2 Å². The molecule has 0 radical (unpaired) electrons. The van der Waals surface area contributed by atoms with E-state index < -0.39 is 12.1 Å². The molecular formula is C21H33F3N2O5. The topological polar surface area (TPSA) is 79.3 Å². The van der Waals surface area contributed by atoms with Crippen molar-refractivity contribution in [3.05, 3.63) is 0 Å². The van der Waals surface area contributed by atoms with E-state index in [2.05, 4.69) is 9.80 Å². The Labute approximate surface area is 180 Å². The summed E-state index contributed by atoms with van der Waals surface area (Å²) in [6, 6.07) is 0. The lowest BCUT2D eigenvalue weighted by Gasteiger charge is -2.38. The number of likely N-dealkylation sites (tertiary alicyclic amines) is 2. The van der Waals surface area contributed by atoms with Gasteiger partial charge in [-0.3, -0.25) is 4.79 Å². The van der Waals surface area contributed by atoms with Crippen molar-refractivity contribution in [1.82, 2.24) is 9.80 Å². The summed E-state index contributed by atoms with van der Waals surface area (Å²) >= 11 is 0. The van der Waals surface area contributed by atoms with Gasteiger partial charge in [0.2, 0.25) is 5.91 Å². The Bertz CT molecular complexity index is 613. The molecule has 178 valence electrons. The number of carbonyl (C=O) groups excluding carboxylic acids is 1. The molecule has 4 saturated heterocycles. The number of carbonyl (C=O) groups is 2. The summed E-state index contributed by atoms with van der Waals surface area (Å²) in [5.41, 5.74) is 0.170. The predicted octanol–water partition coefficient (Wildman–Crippen LogP) is 2.40. The molecule has 0 saturated carbocycles. The number of amides is 1. The standard InChI is InChI=1S/C19H32N2O3.C2HF3O2/c22-18(21-7-1-2-8-21)17-14-20(13-16-3-9-23-10-4-16)15-19(17)5-11-24-12-6-19;3-2(4,5)1(6)7/h16-17H,1-15H2;(H,6,7). The minimum Gasteiger partial charge on any atom is -0.475 e. The van der Waals surface area contributed by atoms with E-state index in [4.69, 9.17) is 19.4 Å². The van der Waals surface area contributed by atoms with Gasteiger partial charge in [0.15, 0.2) is 0 Å². The van der Waals surface area contributed by atoms with E-state index in [1.807, 2.05) is 0 Å². The van der Waals surface area contributed by atoms with Crippen LogP contribution in [0, 0.1) is 17.3 Å². The second-order valence-corrected chi connectivity index (χ2v) is 9.11. The van der Waals surface area contributed by atoms with Crippen molar-refractivity contribution < 1.29 is 37.3 Å². The van der Waals surface area contributed by atoms with Gasteiger partial charge in [0, 0.05) is 64.6 Å². The molecule has 7 nitrogen and oxygen atoms in total. The van der Waals surface area contributed by atoms with Gasteiger partial charge in [0.1, 0.15) is 0 Å². The fraction of sp³-hybridized carbons (Fsp3) is 0.905. The monoisotopic (exact) mass is 450 g/mol. The number of alkyl halides is 3. The average molecular weight is 450 g/mol. The summed E-state index contributed by atoms with van der Waals surface area (Å²) in [5.74, 6) is -1.38. The predicted molar refractivity (Wildman–Crippen MR) is 105 cm³/mol. The summed E-state index contributed by atoms with van der Waals surface area (Å²) in [6.45, 7) is 8.63. The van der Waals surface area contributed by atoms with Crippen molar-refractivity contribution in [2.75, 3.05) is 59.2 Å². The fourth-order valence-electron chi connectivity index (χ4n) is 5.29. The molecule has 1 unspecified atom stereocenters. The lowest BCUT2D eigenvalue weighted by molar-refractivity contribution is -0.192. The van der Waals surface area contributed by atoms with E-state index in [1.165, 1.54) is 25.7 Å². The maximum Gasteiger partial charge on any atom is 0.490 e. The van der Waals surface area contributed by atoms with Gasteiger partial charge in [-0.05, 0) is 44.4 Å². The van der Waals surface area contributed by atoms with Gasteiger partial charge in [0.25, 0.3) is 0 Å². The van der Waals surface area contributed by atoms with Crippen LogP contribution in [-0.2, 0) is 19.1 Å². The zero-order chi connectivity index (χ0) is 22.5. The first-order valence-corrected chi connectivity index (χ1v) is 11.2. The van der Waals surface area contributed by atoms with E-state index >= 15 is 0 Å². The molecule has 0 bridgehead atoms. The summed E-state index contributed by atoms with van der Waals surface area (Å²) < 4.78 is 42.9. The molecule has 0 aromatic heterocycles. The van der Waals surface area contributed by atoms with Gasteiger partial charge in [-0.1, -0.05) is 0 Å². The average Bonchev–Trinajstić information content (AvgIpc) is 3.38. The Morgan fingerprint density at radius 1 is 1.00 bits per heavy atom. The van der Waals surface area contributed by atoms with E-state index in [-0.39, 0.29) is 11.3 Å². The number of carboxylic acid groups (broad SMARTS) is 1. The van der Waals surface area contributed by atoms with Gasteiger partial charge in [-0.15, -0.1) is 0 Å². The van der Waals surface area contributed by atoms with Crippen LogP contribution in [0.4, 0.5) is 13.2 Å². The van der Waals surface area contributed by atoms with Crippen molar-refractivity contribution in [2.45, 2.75) is 44.7 Å². The molecule has 4 rings (SSSR count). The lowest BCUT2D eigenvalue weighted by Crippen LogP contribution is -2.45. The number of carboxylic acids is 1. The maximum atomic E-state index is 13.2. The molecule has 1 atom stereocenters. The molecule has 1 spiro atoms. The second-order valence-electron chi connectivity index (χ2n) is 9.11. The summed E-state index contributed by atoms with van der Waals surface area (Å²) in [6.07, 6.45) is 1.75. The Morgan fingerprint density at radius 3 is 2.10 bits per heavy atom. The van der Waals surface area contributed by atoms with Crippen molar-refractivity contribution in [2.24, 2.45) is 17.3 Å². The van der Waals surface area contributed by atoms with Gasteiger partial charge >= 0.3 is 12.1 Å². The van der Waals surface area contributed by atoms with Crippen LogP contribution in [0.5, 0.6) is 0 Å². The number of halogens is 3. The Kier molecular flexibility index (Phi) is 8.20. The van der Waals surface area contributed by atoms with E-state index in [1.54, 1.807) is 0 Å². The molecule has 1 N–H and O–H groups in total. The Morgan fingerprint density at radius 2 is 1.55 bits per heavy atom. The molecule has 0 aromatic rings.